The fourth-order valence-corrected chi connectivity index (χ4v) is 2.54. The first-order valence-corrected chi connectivity index (χ1v) is 9.86. The molecule has 0 aromatic carbocycles. The molecule has 5 nitrogen and oxygen atoms in total. The van der Waals surface area contributed by atoms with Crippen molar-refractivity contribution in [3.05, 3.63) is 80.5 Å². The van der Waals surface area contributed by atoms with Crippen LogP contribution in [0.25, 0.3) is 0 Å². The van der Waals surface area contributed by atoms with Crippen LogP contribution in [0, 0.1) is 42.2 Å². The Hall–Kier alpha value is -2.27. The topological polar surface area (TPSA) is 68.1 Å². The van der Waals surface area contributed by atoms with Gasteiger partial charge in [-0.2, -0.15) is 13.2 Å². The molecule has 0 fully saturated rings. The van der Waals surface area contributed by atoms with Gasteiger partial charge in [0.25, 0.3) is 0 Å². The maximum absolute atomic E-state index is 12.5. The van der Waals surface area contributed by atoms with E-state index in [1.165, 1.54) is 43.9 Å². The Morgan fingerprint density at radius 2 is 1.30 bits per heavy atom. The summed E-state index contributed by atoms with van der Waals surface area (Å²) in [5.41, 5.74) is 3.25. The third-order valence-corrected chi connectivity index (χ3v) is 4.97. The lowest BCUT2D eigenvalue weighted by Crippen LogP contribution is -1.97. The Balaban J connectivity index is 0.000000226. The van der Waals surface area contributed by atoms with Crippen LogP contribution in [0.3, 0.4) is 0 Å². The molecular weight excluding hydrogens is 510 g/mol. The van der Waals surface area contributed by atoms with Crippen LogP contribution in [0.15, 0.2) is 36.8 Å². The number of nitrogens with zero attached hydrogens (tertiary/aromatic N) is 3. The summed E-state index contributed by atoms with van der Waals surface area (Å²) in [6.07, 6.45) is 3.75. The third-order valence-electron chi connectivity index (χ3n) is 3.81. The number of aliphatic hydroxyl groups is 1. The van der Waals surface area contributed by atoms with Gasteiger partial charge in [0.1, 0.15) is 5.75 Å². The Morgan fingerprint density at radius 3 is 1.70 bits per heavy atom. The van der Waals surface area contributed by atoms with Gasteiger partial charge in [-0.05, 0) is 73.0 Å². The first-order chi connectivity index (χ1) is 14.0. The SMILES string of the molecule is COc1cc(F)ncc1C.Cc1cnc(F)cc1C(C)O.Cc1cnc(F)cc1I. The van der Waals surface area contributed by atoms with Crippen molar-refractivity contribution in [1.29, 1.82) is 0 Å². The average Bonchev–Trinajstić information content (AvgIpc) is 2.69. The number of ether oxygens (including phenoxy) is 1. The van der Waals surface area contributed by atoms with E-state index in [1.807, 2.05) is 13.8 Å². The summed E-state index contributed by atoms with van der Waals surface area (Å²) < 4.78 is 42.8. The van der Waals surface area contributed by atoms with Gasteiger partial charge >= 0.3 is 0 Å². The summed E-state index contributed by atoms with van der Waals surface area (Å²) in [6, 6.07) is 3.92. The molecule has 30 heavy (non-hydrogen) atoms. The number of aryl methyl sites for hydroxylation is 3. The molecule has 0 saturated carbocycles. The van der Waals surface area contributed by atoms with E-state index in [-0.39, 0.29) is 0 Å². The van der Waals surface area contributed by atoms with Gasteiger partial charge in [0, 0.05) is 39.9 Å². The zero-order valence-electron chi connectivity index (χ0n) is 17.3. The van der Waals surface area contributed by atoms with Crippen molar-refractivity contribution in [2.24, 2.45) is 0 Å². The second kappa shape index (κ2) is 12.4. The summed E-state index contributed by atoms with van der Waals surface area (Å²) in [7, 11) is 1.50. The molecule has 0 amide bonds. The van der Waals surface area contributed by atoms with Crippen molar-refractivity contribution < 1.29 is 23.0 Å². The molecule has 0 bridgehead atoms. The second-order valence-electron chi connectivity index (χ2n) is 6.27. The van der Waals surface area contributed by atoms with Gasteiger partial charge in [0.15, 0.2) is 0 Å². The molecule has 0 aliphatic carbocycles. The molecule has 3 rings (SSSR count). The number of pyridine rings is 3. The normalized spacial score (nSPS) is 10.9. The predicted molar refractivity (Wildman–Crippen MR) is 117 cm³/mol. The Morgan fingerprint density at radius 1 is 0.833 bits per heavy atom. The highest BCUT2D eigenvalue weighted by molar-refractivity contribution is 14.1. The molecule has 3 aromatic heterocycles. The molecule has 1 atom stereocenters. The fourth-order valence-electron chi connectivity index (χ4n) is 2.14. The van der Waals surface area contributed by atoms with Crippen molar-refractivity contribution in [2.45, 2.75) is 33.8 Å². The average molecular weight is 533 g/mol. The van der Waals surface area contributed by atoms with Crippen molar-refractivity contribution in [3.8, 4) is 5.75 Å². The first-order valence-electron chi connectivity index (χ1n) is 8.79. The summed E-state index contributed by atoms with van der Waals surface area (Å²) in [5, 5.41) is 9.13. The van der Waals surface area contributed by atoms with Crippen LogP contribution in [0.2, 0.25) is 0 Å². The fraction of sp³-hybridized carbons (Fsp3) is 0.286. The minimum Gasteiger partial charge on any atom is -0.496 e. The van der Waals surface area contributed by atoms with E-state index in [9.17, 15) is 13.2 Å². The van der Waals surface area contributed by atoms with Crippen LogP contribution in [-0.4, -0.2) is 27.2 Å². The standard InChI is InChI=1S/C8H10FNO.C7H8FNO.C6H5FIN/c1-5-4-10-8(9)3-7(5)6(2)11;1-5-4-9-7(8)3-6(5)10-2;1-4-3-9-6(7)2-5(4)8/h3-4,6,11H,1-2H3;3-4H,1-2H3;2-3H,1H3. The van der Waals surface area contributed by atoms with Gasteiger partial charge in [0.05, 0.1) is 13.2 Å². The monoisotopic (exact) mass is 533 g/mol. The van der Waals surface area contributed by atoms with Gasteiger partial charge in [-0.15, -0.1) is 0 Å². The smallest absolute Gasteiger partial charge is 0.216 e. The maximum Gasteiger partial charge on any atom is 0.216 e. The summed E-state index contributed by atoms with van der Waals surface area (Å²) in [6.45, 7) is 7.09. The van der Waals surface area contributed by atoms with E-state index in [0.29, 0.717) is 11.3 Å². The minimum absolute atomic E-state index is 0.412. The highest BCUT2D eigenvalue weighted by Gasteiger charge is 2.05. The lowest BCUT2D eigenvalue weighted by Gasteiger charge is -2.06. The highest BCUT2D eigenvalue weighted by atomic mass is 127. The summed E-state index contributed by atoms with van der Waals surface area (Å²) in [5.74, 6) is -0.938. The van der Waals surface area contributed by atoms with Crippen molar-refractivity contribution in [1.82, 2.24) is 15.0 Å². The molecule has 0 aliphatic rings. The van der Waals surface area contributed by atoms with Gasteiger partial charge in [0.2, 0.25) is 17.8 Å². The van der Waals surface area contributed by atoms with Crippen LogP contribution < -0.4 is 4.74 Å². The number of rotatable bonds is 2. The molecule has 0 saturated heterocycles. The predicted octanol–water partition coefficient (Wildman–Crippen LogP) is 5.25. The van der Waals surface area contributed by atoms with Crippen molar-refractivity contribution in [3.63, 3.8) is 0 Å². The highest BCUT2D eigenvalue weighted by Crippen LogP contribution is 2.16. The third kappa shape index (κ3) is 8.62. The maximum atomic E-state index is 12.5. The van der Waals surface area contributed by atoms with Crippen LogP contribution >= 0.6 is 22.6 Å². The van der Waals surface area contributed by atoms with Crippen LogP contribution in [-0.2, 0) is 0 Å². The van der Waals surface area contributed by atoms with E-state index in [4.69, 9.17) is 9.84 Å². The molecule has 0 aliphatic heterocycles. The van der Waals surface area contributed by atoms with E-state index in [2.05, 4.69) is 37.5 Å². The van der Waals surface area contributed by atoms with E-state index >= 15 is 0 Å². The minimum atomic E-state index is -0.632. The quantitative estimate of drug-likeness (QED) is 0.360. The number of methoxy groups -OCH3 is 1. The van der Waals surface area contributed by atoms with E-state index in [1.54, 1.807) is 13.8 Å². The molecule has 162 valence electrons. The van der Waals surface area contributed by atoms with Gasteiger partial charge in [-0.1, -0.05) is 0 Å². The molecule has 3 aromatic rings. The molecule has 1 unspecified atom stereocenters. The second-order valence-corrected chi connectivity index (χ2v) is 7.43. The number of hydrogen-bond donors (Lipinski definition) is 1. The van der Waals surface area contributed by atoms with Gasteiger partial charge in [-0.25, -0.2) is 15.0 Å². The van der Waals surface area contributed by atoms with Gasteiger partial charge < -0.3 is 9.84 Å². The van der Waals surface area contributed by atoms with Gasteiger partial charge in [-0.3, -0.25) is 0 Å². The lowest BCUT2D eigenvalue weighted by molar-refractivity contribution is 0.198. The van der Waals surface area contributed by atoms with Crippen LogP contribution in [0.4, 0.5) is 13.2 Å². The number of hydrogen-bond acceptors (Lipinski definition) is 5. The zero-order valence-corrected chi connectivity index (χ0v) is 19.4. The Bertz CT molecular complexity index is 972. The molecule has 0 spiro atoms. The van der Waals surface area contributed by atoms with E-state index in [0.717, 1.165) is 20.3 Å². The summed E-state index contributed by atoms with van der Waals surface area (Å²) in [4.78, 5) is 10.4. The Labute approximate surface area is 187 Å². The Kier molecular flexibility index (Phi) is 10.7. The van der Waals surface area contributed by atoms with Crippen LogP contribution in [0.1, 0.15) is 35.3 Å². The molecule has 0 radical (unpaired) electrons. The molecule has 3 heterocycles. The molecule has 9 heteroatoms. The number of aliphatic hydroxyl groups excluding tert-OH is 1. The van der Waals surface area contributed by atoms with Crippen molar-refractivity contribution >= 4 is 22.6 Å². The number of halogens is 4. The largest absolute Gasteiger partial charge is 0.496 e. The molecular formula is C21H23F3IN3O2. The molecule has 1 N–H and O–H groups in total. The van der Waals surface area contributed by atoms with Crippen LogP contribution in [0.5, 0.6) is 5.75 Å². The summed E-state index contributed by atoms with van der Waals surface area (Å²) >= 11 is 2.07. The van der Waals surface area contributed by atoms with E-state index < -0.39 is 23.9 Å². The zero-order chi connectivity index (χ0) is 22.8. The number of aromatic nitrogens is 3. The lowest BCUT2D eigenvalue weighted by atomic mass is 10.1. The van der Waals surface area contributed by atoms with Crippen molar-refractivity contribution in [2.75, 3.05) is 7.11 Å². The first kappa shape index (κ1) is 25.8.